The molecule has 0 fully saturated rings. The molecule has 0 heterocycles. The normalized spacial score (nSPS) is 11.9. The second-order valence-electron chi connectivity index (χ2n) is 6.61. The Morgan fingerprint density at radius 3 is 2.07 bits per heavy atom. The lowest BCUT2D eigenvalue weighted by atomic mass is 10.1. The van der Waals surface area contributed by atoms with E-state index in [4.69, 9.17) is 5.73 Å². The van der Waals surface area contributed by atoms with Gasteiger partial charge in [0.1, 0.15) is 0 Å². The summed E-state index contributed by atoms with van der Waals surface area (Å²) in [6, 6.07) is 13.0. The van der Waals surface area contributed by atoms with E-state index in [-0.39, 0.29) is 0 Å². The molecule has 0 unspecified atom stereocenters. The number of hydrogen-bond acceptors (Lipinski definition) is 5. The summed E-state index contributed by atoms with van der Waals surface area (Å²) >= 11 is 0. The quantitative estimate of drug-likeness (QED) is 0.368. The van der Waals surface area contributed by atoms with Crippen molar-refractivity contribution < 1.29 is 8.42 Å². The number of fused-ring (bicyclic) bond motifs is 1. The minimum atomic E-state index is -3.46. The van der Waals surface area contributed by atoms with Gasteiger partial charge in [0, 0.05) is 6.54 Å². The second-order valence-corrected chi connectivity index (χ2v) is 8.38. The number of hydrogen-bond donors (Lipinski definition) is 4. The standard InChI is InChI=1S/C20H32N4O2S/c21-11-5-14-22-12-3-4-13-23-15-6-16-24-27(25,26)20-10-9-18-7-1-2-8-19(18)17-20/h1-2,7-10,17,22-24H,3-6,11-16,21H2. The molecule has 0 bridgehead atoms. The minimum Gasteiger partial charge on any atom is -0.330 e. The van der Waals surface area contributed by atoms with E-state index in [1.54, 1.807) is 12.1 Å². The van der Waals surface area contributed by atoms with E-state index in [9.17, 15) is 8.42 Å². The fourth-order valence-corrected chi connectivity index (χ4v) is 3.92. The summed E-state index contributed by atoms with van der Waals surface area (Å²) in [5.74, 6) is 0. The Bertz CT molecular complexity index is 780. The van der Waals surface area contributed by atoms with Crippen LogP contribution in [0.2, 0.25) is 0 Å². The largest absolute Gasteiger partial charge is 0.330 e. The van der Waals surface area contributed by atoms with Crippen molar-refractivity contribution >= 4 is 20.8 Å². The van der Waals surface area contributed by atoms with Crippen molar-refractivity contribution in [2.75, 3.05) is 39.3 Å². The van der Waals surface area contributed by atoms with Gasteiger partial charge >= 0.3 is 0 Å². The Morgan fingerprint density at radius 1 is 0.741 bits per heavy atom. The third-order valence-corrected chi connectivity index (χ3v) is 5.83. The van der Waals surface area contributed by atoms with Crippen LogP contribution in [0.25, 0.3) is 10.8 Å². The van der Waals surface area contributed by atoms with E-state index in [0.717, 1.165) is 69.2 Å². The van der Waals surface area contributed by atoms with Gasteiger partial charge < -0.3 is 16.4 Å². The summed E-state index contributed by atoms with van der Waals surface area (Å²) in [7, 11) is -3.46. The maximum atomic E-state index is 12.4. The number of nitrogens with one attached hydrogen (secondary N) is 3. The average molecular weight is 393 g/mol. The van der Waals surface area contributed by atoms with Crippen LogP contribution in [0.1, 0.15) is 25.7 Å². The van der Waals surface area contributed by atoms with Crippen molar-refractivity contribution in [1.82, 2.24) is 15.4 Å². The highest BCUT2D eigenvalue weighted by Crippen LogP contribution is 2.18. The van der Waals surface area contributed by atoms with Crippen LogP contribution in [0.4, 0.5) is 0 Å². The first-order valence-electron chi connectivity index (χ1n) is 9.73. The molecule has 150 valence electrons. The monoisotopic (exact) mass is 392 g/mol. The van der Waals surface area contributed by atoms with Crippen LogP contribution in [-0.2, 0) is 10.0 Å². The van der Waals surface area contributed by atoms with Crippen molar-refractivity contribution in [2.24, 2.45) is 5.73 Å². The van der Waals surface area contributed by atoms with E-state index in [1.165, 1.54) is 0 Å². The lowest BCUT2D eigenvalue weighted by Gasteiger charge is -2.09. The number of nitrogens with two attached hydrogens (primary N) is 1. The predicted octanol–water partition coefficient (Wildman–Crippen LogP) is 1.82. The van der Waals surface area contributed by atoms with Gasteiger partial charge in [-0.3, -0.25) is 0 Å². The van der Waals surface area contributed by atoms with Crippen LogP contribution in [0.3, 0.4) is 0 Å². The maximum Gasteiger partial charge on any atom is 0.240 e. The van der Waals surface area contributed by atoms with Crippen LogP contribution in [0.15, 0.2) is 47.4 Å². The highest BCUT2D eigenvalue weighted by Gasteiger charge is 2.13. The number of unbranched alkanes of at least 4 members (excludes halogenated alkanes) is 1. The van der Waals surface area contributed by atoms with Gasteiger partial charge in [-0.15, -0.1) is 0 Å². The van der Waals surface area contributed by atoms with Gasteiger partial charge in [0.05, 0.1) is 4.90 Å². The van der Waals surface area contributed by atoms with Crippen molar-refractivity contribution in [3.05, 3.63) is 42.5 Å². The van der Waals surface area contributed by atoms with E-state index in [0.29, 0.717) is 11.4 Å². The molecule has 5 N–H and O–H groups in total. The van der Waals surface area contributed by atoms with E-state index in [2.05, 4.69) is 15.4 Å². The van der Waals surface area contributed by atoms with Gasteiger partial charge in [0.25, 0.3) is 0 Å². The number of sulfonamides is 1. The molecule has 0 saturated carbocycles. The molecule has 6 nitrogen and oxygen atoms in total. The van der Waals surface area contributed by atoms with Crippen LogP contribution in [-0.4, -0.2) is 47.7 Å². The van der Waals surface area contributed by atoms with Gasteiger partial charge in [-0.25, -0.2) is 13.1 Å². The van der Waals surface area contributed by atoms with E-state index in [1.807, 2.05) is 30.3 Å². The minimum absolute atomic E-state index is 0.316. The Hall–Kier alpha value is -1.51. The zero-order valence-corrected chi connectivity index (χ0v) is 16.7. The molecule has 0 saturated heterocycles. The smallest absolute Gasteiger partial charge is 0.240 e. The van der Waals surface area contributed by atoms with Crippen LogP contribution < -0.4 is 21.1 Å². The highest BCUT2D eigenvalue weighted by molar-refractivity contribution is 7.89. The van der Waals surface area contributed by atoms with Gasteiger partial charge in [-0.2, -0.15) is 0 Å². The molecule has 0 radical (unpaired) electrons. The average Bonchev–Trinajstić information content (AvgIpc) is 2.68. The molecule has 0 spiro atoms. The van der Waals surface area contributed by atoms with Crippen molar-refractivity contribution in [2.45, 2.75) is 30.6 Å². The van der Waals surface area contributed by atoms with Gasteiger partial charge in [0.2, 0.25) is 10.0 Å². The van der Waals surface area contributed by atoms with Gasteiger partial charge in [-0.1, -0.05) is 30.3 Å². The summed E-state index contributed by atoms with van der Waals surface area (Å²) in [5, 5.41) is 8.68. The van der Waals surface area contributed by atoms with E-state index < -0.39 is 10.0 Å². The Kier molecular flexibility index (Phi) is 9.72. The molecule has 2 rings (SSSR count). The zero-order chi connectivity index (χ0) is 19.4. The summed E-state index contributed by atoms with van der Waals surface area (Å²) in [6.45, 7) is 4.94. The Morgan fingerprint density at radius 2 is 1.37 bits per heavy atom. The molecule has 0 amide bonds. The fraction of sp³-hybridized carbons (Fsp3) is 0.500. The third kappa shape index (κ3) is 7.94. The third-order valence-electron chi connectivity index (χ3n) is 4.37. The Labute approximate surface area is 163 Å². The number of rotatable bonds is 14. The lowest BCUT2D eigenvalue weighted by molar-refractivity contribution is 0.558. The van der Waals surface area contributed by atoms with Gasteiger partial charge in [-0.05, 0) is 81.3 Å². The van der Waals surface area contributed by atoms with Crippen molar-refractivity contribution in [1.29, 1.82) is 0 Å². The van der Waals surface area contributed by atoms with Crippen molar-refractivity contribution in [3.63, 3.8) is 0 Å². The van der Waals surface area contributed by atoms with Crippen LogP contribution >= 0.6 is 0 Å². The SMILES string of the molecule is NCCCNCCCCNCCCNS(=O)(=O)c1ccc2ccccc2c1. The second kappa shape index (κ2) is 12.0. The van der Waals surface area contributed by atoms with E-state index >= 15 is 0 Å². The molecular weight excluding hydrogens is 360 g/mol. The van der Waals surface area contributed by atoms with Crippen LogP contribution in [0.5, 0.6) is 0 Å². The van der Waals surface area contributed by atoms with Crippen molar-refractivity contribution in [3.8, 4) is 0 Å². The molecule has 0 aromatic heterocycles. The zero-order valence-electron chi connectivity index (χ0n) is 15.9. The number of benzene rings is 2. The molecule has 0 aliphatic rings. The molecule has 0 atom stereocenters. The fourth-order valence-electron chi connectivity index (χ4n) is 2.81. The molecular formula is C20H32N4O2S. The maximum absolute atomic E-state index is 12.4. The topological polar surface area (TPSA) is 96.2 Å². The highest BCUT2D eigenvalue weighted by atomic mass is 32.2. The molecule has 2 aromatic carbocycles. The summed E-state index contributed by atoms with van der Waals surface area (Å²) in [4.78, 5) is 0.316. The molecule has 0 aliphatic carbocycles. The lowest BCUT2D eigenvalue weighted by Crippen LogP contribution is -2.28. The summed E-state index contributed by atoms with van der Waals surface area (Å²) in [5.41, 5.74) is 5.44. The summed E-state index contributed by atoms with van der Waals surface area (Å²) < 4.78 is 27.5. The molecule has 27 heavy (non-hydrogen) atoms. The molecule has 2 aromatic rings. The molecule has 7 heteroatoms. The first-order chi connectivity index (χ1) is 13.1. The first kappa shape index (κ1) is 21.8. The summed E-state index contributed by atoms with van der Waals surface area (Å²) in [6.07, 6.45) is 4.03. The van der Waals surface area contributed by atoms with Gasteiger partial charge in [0.15, 0.2) is 0 Å². The Balaban J connectivity index is 1.59. The molecule has 0 aliphatic heterocycles. The first-order valence-corrected chi connectivity index (χ1v) is 11.2. The van der Waals surface area contributed by atoms with Crippen LogP contribution in [0, 0.1) is 0 Å². The predicted molar refractivity (Wildman–Crippen MR) is 112 cm³/mol.